The summed E-state index contributed by atoms with van der Waals surface area (Å²) in [5, 5.41) is -0.148. The minimum Gasteiger partial charge on any atom is -0.257 e. The summed E-state index contributed by atoms with van der Waals surface area (Å²) in [5.74, 6) is 0. The molecule has 0 saturated heterocycles. The van der Waals surface area contributed by atoms with E-state index in [0.717, 1.165) is 11.5 Å². The van der Waals surface area contributed by atoms with Crippen LogP contribution in [0, 0.1) is 0 Å². The third kappa shape index (κ3) is 2.15. The monoisotopic (exact) mass is 207 g/mol. The van der Waals surface area contributed by atoms with Crippen LogP contribution in [0.2, 0.25) is 0 Å². The second kappa shape index (κ2) is 3.36. The summed E-state index contributed by atoms with van der Waals surface area (Å²) in [7, 11) is -3.26. The maximum absolute atomic E-state index is 11.2. The molecule has 0 aromatic carbocycles. The van der Waals surface area contributed by atoms with Gasteiger partial charge >= 0.3 is 0 Å². The van der Waals surface area contributed by atoms with Crippen molar-refractivity contribution in [3.05, 3.63) is 6.33 Å². The molecule has 0 spiro atoms. The SMILES string of the molecule is CC(C)S(=O)(=O)Nc1ncns1. The second-order valence-electron chi connectivity index (χ2n) is 2.44. The molecule has 7 heteroatoms. The lowest BCUT2D eigenvalue weighted by atomic mass is 10.6. The van der Waals surface area contributed by atoms with Crippen LogP contribution in [0.25, 0.3) is 0 Å². The Morgan fingerprint density at radius 1 is 1.58 bits per heavy atom. The van der Waals surface area contributed by atoms with Gasteiger partial charge in [-0.1, -0.05) is 0 Å². The highest BCUT2D eigenvalue weighted by molar-refractivity contribution is 7.93. The molecule has 0 unspecified atom stereocenters. The molecule has 68 valence electrons. The van der Waals surface area contributed by atoms with Gasteiger partial charge < -0.3 is 0 Å². The molecule has 0 aliphatic carbocycles. The second-order valence-corrected chi connectivity index (χ2v) is 5.46. The van der Waals surface area contributed by atoms with Crippen LogP contribution in [0.4, 0.5) is 5.13 Å². The molecular weight excluding hydrogens is 198 g/mol. The largest absolute Gasteiger partial charge is 0.257 e. The maximum Gasteiger partial charge on any atom is 0.236 e. The Balaban J connectivity index is 2.77. The smallest absolute Gasteiger partial charge is 0.236 e. The predicted octanol–water partition coefficient (Wildman–Crippen LogP) is 0.688. The predicted molar refractivity (Wildman–Crippen MR) is 47.6 cm³/mol. The van der Waals surface area contributed by atoms with Gasteiger partial charge in [-0.2, -0.15) is 4.37 Å². The molecule has 0 atom stereocenters. The molecule has 5 nitrogen and oxygen atoms in total. The van der Waals surface area contributed by atoms with Crippen molar-refractivity contribution in [1.29, 1.82) is 0 Å². The van der Waals surface area contributed by atoms with E-state index in [1.807, 2.05) is 0 Å². The molecule has 1 N–H and O–H groups in total. The molecule has 0 bridgehead atoms. The minimum absolute atomic E-state index is 0.309. The number of sulfonamides is 1. The molecule has 0 amide bonds. The Kier molecular flexibility index (Phi) is 2.63. The summed E-state index contributed by atoms with van der Waals surface area (Å²) in [4.78, 5) is 3.70. The molecule has 0 fully saturated rings. The number of nitrogens with one attached hydrogen (secondary N) is 1. The summed E-state index contributed by atoms with van der Waals surface area (Å²) in [6.07, 6.45) is 1.31. The number of rotatable bonds is 3. The molecule has 1 rings (SSSR count). The number of anilines is 1. The molecule has 0 radical (unpaired) electrons. The Hall–Kier alpha value is -0.690. The molecule has 12 heavy (non-hydrogen) atoms. The highest BCUT2D eigenvalue weighted by atomic mass is 32.2. The van der Waals surface area contributed by atoms with Crippen molar-refractivity contribution in [3.63, 3.8) is 0 Å². The van der Waals surface area contributed by atoms with Gasteiger partial charge in [0.15, 0.2) is 0 Å². The molecule has 1 aromatic rings. The van der Waals surface area contributed by atoms with Crippen LogP contribution in [0.1, 0.15) is 13.8 Å². The van der Waals surface area contributed by atoms with Crippen LogP contribution in [0.3, 0.4) is 0 Å². The zero-order valence-electron chi connectivity index (χ0n) is 6.68. The van der Waals surface area contributed by atoms with Gasteiger partial charge in [0.05, 0.1) is 5.25 Å². The van der Waals surface area contributed by atoms with Crippen molar-refractivity contribution in [2.45, 2.75) is 19.1 Å². The van der Waals surface area contributed by atoms with Crippen molar-refractivity contribution in [3.8, 4) is 0 Å². The van der Waals surface area contributed by atoms with Crippen LogP contribution in [0.15, 0.2) is 6.33 Å². The first-order valence-electron chi connectivity index (χ1n) is 3.30. The van der Waals surface area contributed by atoms with Crippen LogP contribution in [0.5, 0.6) is 0 Å². The summed E-state index contributed by atoms with van der Waals surface area (Å²) >= 11 is 1.02. The van der Waals surface area contributed by atoms with Crippen molar-refractivity contribution in [2.24, 2.45) is 0 Å². The fourth-order valence-corrected chi connectivity index (χ4v) is 1.78. The highest BCUT2D eigenvalue weighted by Gasteiger charge is 2.16. The fourth-order valence-electron chi connectivity index (χ4n) is 0.458. The quantitative estimate of drug-likeness (QED) is 0.791. The first-order valence-corrected chi connectivity index (χ1v) is 5.62. The van der Waals surface area contributed by atoms with Crippen LogP contribution < -0.4 is 4.72 Å². The number of nitrogens with zero attached hydrogens (tertiary/aromatic N) is 2. The highest BCUT2D eigenvalue weighted by Crippen LogP contribution is 2.11. The molecule has 0 saturated carbocycles. The van der Waals surface area contributed by atoms with E-state index in [0.29, 0.717) is 5.13 Å². The van der Waals surface area contributed by atoms with Crippen molar-refractivity contribution in [1.82, 2.24) is 9.36 Å². The van der Waals surface area contributed by atoms with E-state index < -0.39 is 15.3 Å². The lowest BCUT2D eigenvalue weighted by Gasteiger charge is -2.06. The third-order valence-corrected chi connectivity index (χ3v) is 3.64. The van der Waals surface area contributed by atoms with E-state index in [2.05, 4.69) is 14.1 Å². The number of aromatic nitrogens is 2. The summed E-state index contributed by atoms with van der Waals surface area (Å²) in [6, 6.07) is 0. The Bertz CT molecular complexity index is 330. The fraction of sp³-hybridized carbons (Fsp3) is 0.600. The lowest BCUT2D eigenvalue weighted by molar-refractivity contribution is 0.592. The van der Waals surface area contributed by atoms with E-state index in [1.54, 1.807) is 13.8 Å². The normalized spacial score (nSPS) is 11.9. The molecule has 1 heterocycles. The molecule has 1 aromatic heterocycles. The van der Waals surface area contributed by atoms with Gasteiger partial charge in [0.25, 0.3) is 0 Å². The molecule has 0 aliphatic rings. The topological polar surface area (TPSA) is 72.0 Å². The summed E-state index contributed by atoms with van der Waals surface area (Å²) in [5.41, 5.74) is 0. The van der Waals surface area contributed by atoms with Gasteiger partial charge in [-0.25, -0.2) is 13.4 Å². The van der Waals surface area contributed by atoms with Crippen molar-refractivity contribution >= 4 is 26.7 Å². The first-order chi connectivity index (χ1) is 5.52. The Morgan fingerprint density at radius 2 is 2.25 bits per heavy atom. The van der Waals surface area contributed by atoms with E-state index in [4.69, 9.17) is 0 Å². The van der Waals surface area contributed by atoms with Gasteiger partial charge in [-0.15, -0.1) is 0 Å². The average Bonchev–Trinajstić information content (AvgIpc) is 2.38. The minimum atomic E-state index is -3.26. The van der Waals surface area contributed by atoms with Crippen molar-refractivity contribution in [2.75, 3.05) is 4.72 Å². The zero-order valence-corrected chi connectivity index (χ0v) is 8.32. The summed E-state index contributed by atoms with van der Waals surface area (Å²) in [6.45, 7) is 3.20. The van der Waals surface area contributed by atoms with Crippen molar-refractivity contribution < 1.29 is 8.42 Å². The number of hydrogen-bond donors (Lipinski definition) is 1. The zero-order chi connectivity index (χ0) is 9.19. The third-order valence-electron chi connectivity index (χ3n) is 1.21. The van der Waals surface area contributed by atoms with E-state index >= 15 is 0 Å². The lowest BCUT2D eigenvalue weighted by Crippen LogP contribution is -2.22. The summed E-state index contributed by atoms with van der Waals surface area (Å²) < 4.78 is 28.4. The number of hydrogen-bond acceptors (Lipinski definition) is 5. The molecular formula is C5H9N3O2S2. The van der Waals surface area contributed by atoms with Crippen LogP contribution in [-0.4, -0.2) is 23.0 Å². The Morgan fingerprint density at radius 3 is 2.67 bits per heavy atom. The van der Waals surface area contributed by atoms with E-state index in [1.165, 1.54) is 6.33 Å². The van der Waals surface area contributed by atoms with Crippen LogP contribution >= 0.6 is 11.5 Å². The van der Waals surface area contributed by atoms with Gasteiger partial charge in [0.2, 0.25) is 15.2 Å². The standard InChI is InChI=1S/C5H9N3O2S2/c1-4(2)12(9,10)8-5-6-3-7-11-5/h3-4H,1-2H3,(H,6,7,8). The van der Waals surface area contributed by atoms with Gasteiger partial charge in [-0.05, 0) is 13.8 Å². The Labute approximate surface area is 75.1 Å². The first kappa shape index (κ1) is 9.40. The van der Waals surface area contributed by atoms with E-state index in [9.17, 15) is 8.42 Å². The average molecular weight is 207 g/mol. The van der Waals surface area contributed by atoms with Gasteiger partial charge in [0.1, 0.15) is 6.33 Å². The molecule has 0 aliphatic heterocycles. The van der Waals surface area contributed by atoms with Gasteiger partial charge in [0, 0.05) is 11.5 Å². The van der Waals surface area contributed by atoms with Crippen LogP contribution in [-0.2, 0) is 10.0 Å². The maximum atomic E-state index is 11.2. The van der Waals surface area contributed by atoms with Gasteiger partial charge in [-0.3, -0.25) is 4.72 Å². The van der Waals surface area contributed by atoms with E-state index in [-0.39, 0.29) is 0 Å².